The Morgan fingerprint density at radius 1 is 1.54 bits per heavy atom. The highest BCUT2D eigenvalue weighted by Gasteiger charge is 2.11. The number of hydrogen-bond donors (Lipinski definition) is 0. The van der Waals surface area contributed by atoms with Crippen LogP contribution in [-0.2, 0) is 0 Å². The molecule has 13 heavy (non-hydrogen) atoms. The van der Waals surface area contributed by atoms with Gasteiger partial charge in [0.2, 0.25) is 0 Å². The van der Waals surface area contributed by atoms with Gasteiger partial charge >= 0.3 is 0 Å². The predicted octanol–water partition coefficient (Wildman–Crippen LogP) is 3.20. The first-order valence-electron chi connectivity index (χ1n) is 3.91. The molecule has 0 aromatic heterocycles. The Hall–Kier alpha value is -1.09. The smallest absolute Gasteiger partial charge is 0.258 e. The summed E-state index contributed by atoms with van der Waals surface area (Å²) >= 11 is 5.86. The number of nitro benzene ring substituents is 1. The second kappa shape index (κ2) is 3.75. The summed E-state index contributed by atoms with van der Waals surface area (Å²) in [5.74, 6) is 0. The van der Waals surface area contributed by atoms with Crippen molar-refractivity contribution >= 4 is 17.3 Å². The molecule has 0 heterocycles. The monoisotopic (exact) mass is 199 g/mol. The number of non-ortho nitro benzene ring substituents is 1. The number of nitro groups is 1. The van der Waals surface area contributed by atoms with E-state index in [0.29, 0.717) is 0 Å². The van der Waals surface area contributed by atoms with Crippen molar-refractivity contribution < 1.29 is 4.92 Å². The Bertz CT molecular complexity index is 336. The third-order valence-corrected chi connectivity index (χ3v) is 2.14. The van der Waals surface area contributed by atoms with E-state index in [2.05, 4.69) is 0 Å². The van der Waals surface area contributed by atoms with Gasteiger partial charge in [-0.25, -0.2) is 0 Å². The molecule has 1 atom stereocenters. The van der Waals surface area contributed by atoms with Crippen LogP contribution in [0.5, 0.6) is 0 Å². The molecule has 0 saturated carbocycles. The fraction of sp³-hybridized carbons (Fsp3) is 0.333. The zero-order valence-corrected chi connectivity index (χ0v) is 8.21. The topological polar surface area (TPSA) is 43.1 Å². The molecular weight excluding hydrogens is 190 g/mol. The summed E-state index contributed by atoms with van der Waals surface area (Å²) in [4.78, 5) is 10.0. The summed E-state index contributed by atoms with van der Waals surface area (Å²) in [6.07, 6.45) is 0. The average molecular weight is 200 g/mol. The lowest BCUT2D eigenvalue weighted by molar-refractivity contribution is -0.384. The zero-order chi connectivity index (χ0) is 10.0. The van der Waals surface area contributed by atoms with E-state index in [0.717, 1.165) is 11.1 Å². The van der Waals surface area contributed by atoms with E-state index in [9.17, 15) is 10.1 Å². The van der Waals surface area contributed by atoms with E-state index in [-0.39, 0.29) is 11.1 Å². The van der Waals surface area contributed by atoms with Crippen molar-refractivity contribution in [1.82, 2.24) is 0 Å². The molecule has 0 aliphatic heterocycles. The molecule has 70 valence electrons. The van der Waals surface area contributed by atoms with Crippen LogP contribution in [0.2, 0.25) is 0 Å². The zero-order valence-electron chi connectivity index (χ0n) is 7.45. The van der Waals surface area contributed by atoms with Gasteiger partial charge in [-0.05, 0) is 25.0 Å². The van der Waals surface area contributed by atoms with Crippen LogP contribution in [0.3, 0.4) is 0 Å². The summed E-state index contributed by atoms with van der Waals surface area (Å²) < 4.78 is 0. The number of nitrogens with zero attached hydrogens (tertiary/aromatic N) is 1. The third-order valence-electron chi connectivity index (χ3n) is 1.90. The van der Waals surface area contributed by atoms with Crippen molar-refractivity contribution in [3.63, 3.8) is 0 Å². The van der Waals surface area contributed by atoms with Crippen LogP contribution in [0.4, 0.5) is 5.69 Å². The van der Waals surface area contributed by atoms with Crippen LogP contribution in [0.15, 0.2) is 18.2 Å². The summed E-state index contributed by atoms with van der Waals surface area (Å²) in [6, 6.07) is 4.72. The van der Waals surface area contributed by atoms with E-state index in [1.165, 1.54) is 12.1 Å². The number of rotatable bonds is 2. The van der Waals surface area contributed by atoms with Gasteiger partial charge in [0.15, 0.2) is 0 Å². The highest BCUT2D eigenvalue weighted by atomic mass is 35.5. The Kier molecular flexibility index (Phi) is 2.88. The average Bonchev–Trinajstić information content (AvgIpc) is 2.04. The second-order valence-electron chi connectivity index (χ2n) is 2.91. The molecule has 0 aliphatic rings. The minimum absolute atomic E-state index is 0.0908. The molecule has 1 aromatic carbocycles. The lowest BCUT2D eigenvalue weighted by Crippen LogP contribution is -1.93. The first-order valence-corrected chi connectivity index (χ1v) is 4.35. The molecular formula is C9H10ClNO2. The number of alkyl halides is 1. The van der Waals surface area contributed by atoms with Crippen LogP contribution < -0.4 is 0 Å². The maximum Gasteiger partial charge on any atom is 0.269 e. The fourth-order valence-electron chi connectivity index (χ4n) is 1.17. The van der Waals surface area contributed by atoms with Crippen LogP contribution in [0.25, 0.3) is 0 Å². The number of halogens is 1. The van der Waals surface area contributed by atoms with E-state index in [1.54, 1.807) is 13.0 Å². The van der Waals surface area contributed by atoms with Crippen molar-refractivity contribution in [3.8, 4) is 0 Å². The summed E-state index contributed by atoms with van der Waals surface area (Å²) in [5, 5.41) is 10.3. The molecule has 1 rings (SSSR count). The summed E-state index contributed by atoms with van der Waals surface area (Å²) in [6.45, 7) is 3.69. The lowest BCUT2D eigenvalue weighted by atomic mass is 10.1. The quantitative estimate of drug-likeness (QED) is 0.417. The van der Waals surface area contributed by atoms with Crippen molar-refractivity contribution in [2.24, 2.45) is 0 Å². The van der Waals surface area contributed by atoms with Gasteiger partial charge in [-0.1, -0.05) is 6.07 Å². The van der Waals surface area contributed by atoms with Gasteiger partial charge in [-0.3, -0.25) is 10.1 Å². The number of hydrogen-bond acceptors (Lipinski definition) is 2. The molecule has 3 nitrogen and oxygen atoms in total. The fourth-order valence-corrected chi connectivity index (χ4v) is 1.41. The molecule has 0 saturated heterocycles. The van der Waals surface area contributed by atoms with Gasteiger partial charge in [0, 0.05) is 12.1 Å². The predicted molar refractivity (Wildman–Crippen MR) is 52.1 cm³/mol. The Labute approximate surface area is 81.5 Å². The van der Waals surface area contributed by atoms with Crippen LogP contribution >= 0.6 is 11.6 Å². The molecule has 0 unspecified atom stereocenters. The molecule has 0 aliphatic carbocycles. The normalized spacial score (nSPS) is 12.5. The highest BCUT2D eigenvalue weighted by Crippen LogP contribution is 2.26. The van der Waals surface area contributed by atoms with Gasteiger partial charge in [-0.2, -0.15) is 0 Å². The van der Waals surface area contributed by atoms with Gasteiger partial charge in [-0.15, -0.1) is 11.6 Å². The first-order chi connectivity index (χ1) is 6.02. The Morgan fingerprint density at radius 2 is 2.15 bits per heavy atom. The van der Waals surface area contributed by atoms with Crippen molar-refractivity contribution in [2.75, 3.05) is 0 Å². The van der Waals surface area contributed by atoms with E-state index >= 15 is 0 Å². The lowest BCUT2D eigenvalue weighted by Gasteiger charge is -2.06. The molecule has 0 bridgehead atoms. The first kappa shape index (κ1) is 9.99. The van der Waals surface area contributed by atoms with E-state index in [1.807, 2.05) is 6.92 Å². The van der Waals surface area contributed by atoms with Gasteiger partial charge in [0.05, 0.1) is 10.3 Å². The molecule has 0 radical (unpaired) electrons. The maximum absolute atomic E-state index is 10.4. The Morgan fingerprint density at radius 3 is 2.62 bits per heavy atom. The molecule has 0 N–H and O–H groups in total. The highest BCUT2D eigenvalue weighted by molar-refractivity contribution is 6.20. The third kappa shape index (κ3) is 2.18. The van der Waals surface area contributed by atoms with Crippen LogP contribution in [0.1, 0.15) is 23.4 Å². The SMILES string of the molecule is Cc1ccc([N+](=O)[O-])cc1[C@@H](C)Cl. The van der Waals surface area contributed by atoms with E-state index < -0.39 is 4.92 Å². The van der Waals surface area contributed by atoms with Crippen molar-refractivity contribution in [2.45, 2.75) is 19.2 Å². The minimum Gasteiger partial charge on any atom is -0.258 e. The van der Waals surface area contributed by atoms with Crippen LogP contribution in [0, 0.1) is 17.0 Å². The van der Waals surface area contributed by atoms with Gasteiger partial charge < -0.3 is 0 Å². The molecule has 1 aromatic rings. The summed E-state index contributed by atoms with van der Waals surface area (Å²) in [5.41, 5.74) is 1.89. The molecule has 0 fully saturated rings. The van der Waals surface area contributed by atoms with Crippen LogP contribution in [-0.4, -0.2) is 4.92 Å². The largest absolute Gasteiger partial charge is 0.269 e. The van der Waals surface area contributed by atoms with Crippen molar-refractivity contribution in [1.29, 1.82) is 0 Å². The maximum atomic E-state index is 10.4. The van der Waals surface area contributed by atoms with Crippen molar-refractivity contribution in [3.05, 3.63) is 39.4 Å². The Balaban J connectivity index is 3.19. The second-order valence-corrected chi connectivity index (χ2v) is 3.57. The summed E-state index contributed by atoms with van der Waals surface area (Å²) in [7, 11) is 0. The van der Waals surface area contributed by atoms with Gasteiger partial charge in [0.1, 0.15) is 0 Å². The minimum atomic E-state index is -0.414. The molecule has 0 amide bonds. The van der Waals surface area contributed by atoms with E-state index in [4.69, 9.17) is 11.6 Å². The number of aryl methyl sites for hydroxylation is 1. The standard InChI is InChI=1S/C9H10ClNO2/c1-6-3-4-8(11(12)13)5-9(6)7(2)10/h3-5,7H,1-2H3/t7-/m1/s1. The van der Waals surface area contributed by atoms with Gasteiger partial charge in [0.25, 0.3) is 5.69 Å². The molecule has 4 heteroatoms. The number of benzene rings is 1. The molecule has 0 spiro atoms.